The molecule has 2 heteroatoms. The zero-order valence-corrected chi connectivity index (χ0v) is 29.5. The Morgan fingerprint density at radius 1 is 0.333 bits per heavy atom. The van der Waals surface area contributed by atoms with Crippen molar-refractivity contribution in [1.29, 1.82) is 0 Å². The van der Waals surface area contributed by atoms with Crippen LogP contribution in [-0.4, -0.2) is 4.57 Å². The van der Waals surface area contributed by atoms with Crippen molar-refractivity contribution in [3.8, 4) is 28.1 Å². The first-order chi connectivity index (χ1) is 26.8. The molecule has 11 rings (SSSR count). The quantitative estimate of drug-likeness (QED) is 0.158. The van der Waals surface area contributed by atoms with Crippen molar-refractivity contribution in [3.63, 3.8) is 0 Å². The summed E-state index contributed by atoms with van der Waals surface area (Å²) in [5.74, 6) is 0. The van der Waals surface area contributed by atoms with Gasteiger partial charge < -0.3 is 9.47 Å². The van der Waals surface area contributed by atoms with Crippen molar-refractivity contribution >= 4 is 71.1 Å². The zero-order valence-electron chi connectivity index (χ0n) is 29.5. The summed E-state index contributed by atoms with van der Waals surface area (Å²) >= 11 is 0. The Bertz CT molecular complexity index is 3110. The average molecular weight is 687 g/mol. The lowest BCUT2D eigenvalue weighted by molar-refractivity contribution is 1.14. The molecule has 0 amide bonds. The lowest BCUT2D eigenvalue weighted by Gasteiger charge is -2.26. The fraction of sp³-hybridized carbons (Fsp3) is 0. The molecule has 0 atom stereocenters. The molecule has 0 bridgehead atoms. The van der Waals surface area contributed by atoms with E-state index in [0.717, 1.165) is 22.7 Å². The number of hydrogen-bond acceptors (Lipinski definition) is 1. The molecule has 10 aromatic carbocycles. The molecule has 1 aromatic heterocycles. The molecular formula is C52H34N2. The molecule has 54 heavy (non-hydrogen) atoms. The van der Waals surface area contributed by atoms with Gasteiger partial charge in [-0.15, -0.1) is 0 Å². The number of benzene rings is 10. The van der Waals surface area contributed by atoms with Crippen LogP contribution in [0.25, 0.3) is 82.1 Å². The van der Waals surface area contributed by atoms with E-state index in [4.69, 9.17) is 0 Å². The van der Waals surface area contributed by atoms with Crippen molar-refractivity contribution < 1.29 is 0 Å². The third kappa shape index (κ3) is 4.74. The fourth-order valence-corrected chi connectivity index (χ4v) is 8.69. The molecule has 252 valence electrons. The normalized spacial score (nSPS) is 11.7. The van der Waals surface area contributed by atoms with E-state index in [1.165, 1.54) is 76.4 Å². The van der Waals surface area contributed by atoms with Crippen LogP contribution in [0.15, 0.2) is 206 Å². The minimum Gasteiger partial charge on any atom is -0.310 e. The van der Waals surface area contributed by atoms with Crippen LogP contribution in [0.4, 0.5) is 17.1 Å². The Balaban J connectivity index is 1.21. The highest BCUT2D eigenvalue weighted by Gasteiger charge is 2.25. The minimum absolute atomic E-state index is 1.10. The number of hydrogen-bond donors (Lipinski definition) is 0. The summed E-state index contributed by atoms with van der Waals surface area (Å²) in [5.41, 5.74) is 10.5. The molecule has 0 saturated heterocycles. The zero-order chi connectivity index (χ0) is 35.6. The van der Waals surface area contributed by atoms with Crippen LogP contribution in [0.2, 0.25) is 0 Å². The predicted molar refractivity (Wildman–Crippen MR) is 230 cm³/mol. The molecule has 1 heterocycles. The standard InChI is InChI=1S/C52H34N2/c1-4-14-36(15-5-1)50-47-34-41-24-23-37-19-12-20-38-26-32-46(49(41)48(37)38)52(47)54(51(50)39-16-6-2-7-17-39)44-30-28-43(29-31-44)53(42-21-8-3-9-22-42)45-27-25-35-13-10-11-18-40(35)33-45/h1-34H. The van der Waals surface area contributed by atoms with E-state index in [1.807, 2.05) is 0 Å². The summed E-state index contributed by atoms with van der Waals surface area (Å²) in [5, 5.41) is 11.4. The largest absolute Gasteiger partial charge is 0.310 e. The molecule has 0 aliphatic carbocycles. The topological polar surface area (TPSA) is 8.17 Å². The van der Waals surface area contributed by atoms with E-state index in [0.29, 0.717) is 0 Å². The summed E-state index contributed by atoms with van der Waals surface area (Å²) < 4.78 is 2.52. The molecular weight excluding hydrogens is 653 g/mol. The van der Waals surface area contributed by atoms with Gasteiger partial charge in [0.15, 0.2) is 0 Å². The van der Waals surface area contributed by atoms with Crippen molar-refractivity contribution in [3.05, 3.63) is 206 Å². The first-order valence-corrected chi connectivity index (χ1v) is 18.6. The van der Waals surface area contributed by atoms with Crippen LogP contribution in [-0.2, 0) is 0 Å². The maximum atomic E-state index is 2.52. The van der Waals surface area contributed by atoms with Crippen LogP contribution in [0.1, 0.15) is 0 Å². The Hall–Kier alpha value is -7.16. The van der Waals surface area contributed by atoms with Gasteiger partial charge in [-0.25, -0.2) is 0 Å². The van der Waals surface area contributed by atoms with E-state index in [9.17, 15) is 0 Å². The molecule has 0 unspecified atom stereocenters. The van der Waals surface area contributed by atoms with E-state index in [2.05, 4.69) is 216 Å². The van der Waals surface area contributed by atoms with Crippen molar-refractivity contribution in [2.24, 2.45) is 0 Å². The molecule has 0 radical (unpaired) electrons. The van der Waals surface area contributed by atoms with Gasteiger partial charge in [-0.3, -0.25) is 0 Å². The summed E-state index contributed by atoms with van der Waals surface area (Å²) in [6, 6.07) is 75.2. The number of aromatic nitrogens is 1. The maximum absolute atomic E-state index is 2.52. The second-order valence-corrected chi connectivity index (χ2v) is 14.1. The molecule has 0 saturated carbocycles. The van der Waals surface area contributed by atoms with Gasteiger partial charge in [0, 0.05) is 39.1 Å². The third-order valence-electron chi connectivity index (χ3n) is 11.1. The summed E-state index contributed by atoms with van der Waals surface area (Å²) in [6.45, 7) is 0. The molecule has 0 aliphatic rings. The Morgan fingerprint density at radius 3 is 1.63 bits per heavy atom. The van der Waals surface area contributed by atoms with Gasteiger partial charge >= 0.3 is 0 Å². The van der Waals surface area contributed by atoms with Crippen LogP contribution in [0.3, 0.4) is 0 Å². The van der Waals surface area contributed by atoms with Crippen LogP contribution in [0.5, 0.6) is 0 Å². The SMILES string of the molecule is c1ccc(-c2c(-c3ccccc3)n(-c3ccc(N(c4ccccc4)c4ccc5ccccc5c4)cc3)c3c2cc2ccc4cccc5ccc3c2c45)cc1. The number of rotatable bonds is 6. The van der Waals surface area contributed by atoms with E-state index in [1.54, 1.807) is 0 Å². The van der Waals surface area contributed by atoms with Gasteiger partial charge in [-0.05, 0) is 103 Å². The first kappa shape index (κ1) is 30.5. The monoisotopic (exact) mass is 686 g/mol. The van der Waals surface area contributed by atoms with Crippen LogP contribution in [0, 0.1) is 0 Å². The average Bonchev–Trinajstić information content (AvgIpc) is 3.59. The minimum atomic E-state index is 1.10. The van der Waals surface area contributed by atoms with Gasteiger partial charge in [-0.1, -0.05) is 152 Å². The highest BCUT2D eigenvalue weighted by atomic mass is 15.1. The molecule has 0 fully saturated rings. The first-order valence-electron chi connectivity index (χ1n) is 18.6. The maximum Gasteiger partial charge on any atom is 0.0620 e. The number of fused-ring (bicyclic) bond motifs is 3. The Morgan fingerprint density at radius 2 is 0.889 bits per heavy atom. The lowest BCUT2D eigenvalue weighted by atomic mass is 9.91. The van der Waals surface area contributed by atoms with Crippen LogP contribution >= 0.6 is 0 Å². The highest BCUT2D eigenvalue weighted by molar-refractivity contribution is 6.30. The van der Waals surface area contributed by atoms with Crippen molar-refractivity contribution in [2.45, 2.75) is 0 Å². The van der Waals surface area contributed by atoms with Gasteiger partial charge in [0.25, 0.3) is 0 Å². The van der Waals surface area contributed by atoms with E-state index >= 15 is 0 Å². The van der Waals surface area contributed by atoms with Gasteiger partial charge in [0.2, 0.25) is 0 Å². The Labute approximate surface area is 313 Å². The van der Waals surface area contributed by atoms with E-state index < -0.39 is 0 Å². The smallest absolute Gasteiger partial charge is 0.0620 e. The lowest BCUT2D eigenvalue weighted by Crippen LogP contribution is -2.10. The number of para-hydroxylation sites is 1. The predicted octanol–water partition coefficient (Wildman–Crippen LogP) is 14.5. The summed E-state index contributed by atoms with van der Waals surface area (Å²) in [7, 11) is 0. The molecule has 2 nitrogen and oxygen atoms in total. The Kier molecular flexibility index (Phi) is 6.90. The van der Waals surface area contributed by atoms with Crippen molar-refractivity contribution in [2.75, 3.05) is 4.90 Å². The molecule has 0 aliphatic heterocycles. The van der Waals surface area contributed by atoms with E-state index in [-0.39, 0.29) is 0 Å². The van der Waals surface area contributed by atoms with Gasteiger partial charge in [0.05, 0.1) is 11.2 Å². The number of anilines is 3. The molecule has 11 aromatic rings. The summed E-state index contributed by atoms with van der Waals surface area (Å²) in [4.78, 5) is 2.35. The van der Waals surface area contributed by atoms with Gasteiger partial charge in [-0.2, -0.15) is 0 Å². The highest BCUT2D eigenvalue weighted by Crippen LogP contribution is 2.48. The van der Waals surface area contributed by atoms with Crippen molar-refractivity contribution in [1.82, 2.24) is 4.57 Å². The summed E-state index contributed by atoms with van der Waals surface area (Å²) in [6.07, 6.45) is 0. The molecule has 0 spiro atoms. The van der Waals surface area contributed by atoms with Gasteiger partial charge in [0.1, 0.15) is 0 Å². The molecule has 0 N–H and O–H groups in total. The fourth-order valence-electron chi connectivity index (χ4n) is 8.69. The second-order valence-electron chi connectivity index (χ2n) is 14.1. The van der Waals surface area contributed by atoms with Crippen LogP contribution < -0.4 is 4.90 Å². The third-order valence-corrected chi connectivity index (χ3v) is 11.1. The second kappa shape index (κ2) is 12.2. The number of nitrogens with zero attached hydrogens (tertiary/aromatic N) is 2.